The topological polar surface area (TPSA) is 282 Å². The number of H-pyrrole nitrogens is 1. The molecule has 2 unspecified atom stereocenters. The molecule has 0 aliphatic carbocycles. The molecule has 2 aromatic heterocycles. The first-order chi connectivity index (χ1) is 14.6. The molecule has 22 heteroatoms. The lowest BCUT2D eigenvalue weighted by Gasteiger charge is -2.21. The lowest BCUT2D eigenvalue weighted by molar-refractivity contribution is -0.0486. The van der Waals surface area contributed by atoms with E-state index in [0.29, 0.717) is 0 Å². The summed E-state index contributed by atoms with van der Waals surface area (Å²) in [6.07, 6.45) is -4.93. The molecule has 1 aliphatic heterocycles. The Balaban J connectivity index is 1.72. The molecular weight excluding hydrogens is 523 g/mol. The van der Waals surface area contributed by atoms with Gasteiger partial charge in [-0.1, -0.05) is 0 Å². The molecule has 6 atom stereocenters. The largest absolute Gasteiger partial charge is 0.488 e. The minimum absolute atomic E-state index is 0.0736. The summed E-state index contributed by atoms with van der Waals surface area (Å²) in [6.45, 7) is -5.45. The van der Waals surface area contributed by atoms with Gasteiger partial charge in [-0.05, 0) is 11.8 Å². The molecule has 32 heavy (non-hydrogen) atoms. The fourth-order valence-electron chi connectivity index (χ4n) is 2.70. The number of anilines is 1. The summed E-state index contributed by atoms with van der Waals surface area (Å²) >= 11 is 4.46. The standard InChI is InChI=1S/C10H16N5O13P3S/c11-10-13-7-4(8(18)14-10)12-2-15(7)9-6(17)5(16)3(26-9)1-25-31(24,32)28-30(22,23)27-29(19,20)21/h2-3,5-6,9,16-17H,1H2,(H,22,23)(H,24,32)(H2,19,20,21)(H3,11,13,14,18)/t3-,5+,6+,9-,31?/m1/s1. The zero-order valence-electron chi connectivity index (χ0n) is 15.3. The zero-order valence-corrected chi connectivity index (χ0v) is 18.8. The molecule has 2 aromatic rings. The van der Waals surface area contributed by atoms with Crippen LogP contribution in [0.15, 0.2) is 11.1 Å². The van der Waals surface area contributed by atoms with Gasteiger partial charge >= 0.3 is 22.4 Å². The molecule has 180 valence electrons. The molecule has 1 aliphatic rings. The number of hydrogen-bond acceptors (Lipinski definition) is 13. The molecule has 0 bridgehead atoms. The van der Waals surface area contributed by atoms with Crippen LogP contribution >= 0.6 is 22.4 Å². The third-order valence-corrected chi connectivity index (χ3v) is 8.60. The average molecular weight is 539 g/mol. The maximum Gasteiger partial charge on any atom is 0.488 e. The first-order valence-corrected chi connectivity index (χ1v) is 13.7. The molecule has 0 spiro atoms. The first kappa shape index (κ1) is 25.5. The molecule has 9 N–H and O–H groups in total. The van der Waals surface area contributed by atoms with Gasteiger partial charge in [-0.25, -0.2) is 18.4 Å². The highest BCUT2D eigenvalue weighted by atomic mass is 32.5. The van der Waals surface area contributed by atoms with Crippen LogP contribution in [0, 0.1) is 0 Å². The van der Waals surface area contributed by atoms with E-state index < -0.39 is 59.1 Å². The Morgan fingerprint density at radius 1 is 1.22 bits per heavy atom. The van der Waals surface area contributed by atoms with Crippen molar-refractivity contribution in [1.82, 2.24) is 19.5 Å². The molecule has 3 heterocycles. The quantitative estimate of drug-likeness (QED) is 0.165. The van der Waals surface area contributed by atoms with Gasteiger partial charge in [0.05, 0.1) is 12.9 Å². The molecule has 0 aromatic carbocycles. The highest BCUT2D eigenvalue weighted by Gasteiger charge is 2.46. The van der Waals surface area contributed by atoms with Crippen molar-refractivity contribution >= 4 is 51.3 Å². The van der Waals surface area contributed by atoms with Crippen molar-refractivity contribution in [1.29, 1.82) is 0 Å². The number of ether oxygens (including phenoxy) is 1. The van der Waals surface area contributed by atoms with Crippen LogP contribution in [0.2, 0.25) is 0 Å². The Labute approximate surface area is 181 Å². The summed E-state index contributed by atoms with van der Waals surface area (Å²) in [7, 11) is -11.0. The monoisotopic (exact) mass is 539 g/mol. The lowest BCUT2D eigenvalue weighted by Crippen LogP contribution is -2.33. The summed E-state index contributed by atoms with van der Waals surface area (Å²) < 4.78 is 41.1. The Kier molecular flexibility index (Phi) is 7.09. The number of hydrogen-bond donors (Lipinski definition) is 8. The van der Waals surface area contributed by atoms with E-state index in [1.807, 2.05) is 0 Å². The maximum atomic E-state index is 11.9. The Morgan fingerprint density at radius 2 is 1.88 bits per heavy atom. The average Bonchev–Trinajstić information content (AvgIpc) is 3.12. The molecule has 18 nitrogen and oxygen atoms in total. The SMILES string of the molecule is Nc1nc2c(ncn2[C@@H]2O[C@H](COP(O)(=S)OP(=O)(O)OP(=O)(O)O)[C@H](O)[C@@H]2O)c(=O)[nH]1. The minimum atomic E-state index is -5.52. The number of aromatic amines is 1. The summed E-state index contributed by atoms with van der Waals surface area (Å²) in [5, 5.41) is 20.5. The molecule has 0 amide bonds. The van der Waals surface area contributed by atoms with Crippen molar-refractivity contribution in [3.05, 3.63) is 16.7 Å². The van der Waals surface area contributed by atoms with Crippen molar-refractivity contribution in [3.63, 3.8) is 0 Å². The van der Waals surface area contributed by atoms with E-state index in [1.54, 1.807) is 0 Å². The van der Waals surface area contributed by atoms with E-state index in [4.69, 9.17) is 24.8 Å². The van der Waals surface area contributed by atoms with Gasteiger partial charge in [0.25, 0.3) is 5.56 Å². The van der Waals surface area contributed by atoms with Crippen molar-refractivity contribution in [2.75, 3.05) is 12.3 Å². The molecular formula is C10H16N5O13P3S. The molecule has 1 saturated heterocycles. The van der Waals surface area contributed by atoms with E-state index in [1.165, 1.54) is 0 Å². The second-order valence-corrected chi connectivity index (χ2v) is 12.0. The second kappa shape index (κ2) is 8.90. The summed E-state index contributed by atoms with van der Waals surface area (Å²) in [6, 6.07) is 0. The van der Waals surface area contributed by atoms with Crippen LogP contribution in [0.3, 0.4) is 0 Å². The smallest absolute Gasteiger partial charge is 0.387 e. The molecule has 0 saturated carbocycles. The number of rotatable bonds is 8. The van der Waals surface area contributed by atoms with Crippen molar-refractivity contribution in [2.24, 2.45) is 0 Å². The fraction of sp³-hybridized carbons (Fsp3) is 0.500. The summed E-state index contributed by atoms with van der Waals surface area (Å²) in [5.41, 5.74) is 4.62. The van der Waals surface area contributed by atoms with Crippen LogP contribution < -0.4 is 11.3 Å². The summed E-state index contributed by atoms with van der Waals surface area (Å²) in [5.74, 6) is -0.249. The van der Waals surface area contributed by atoms with Gasteiger partial charge in [-0.15, -0.1) is 0 Å². The minimum Gasteiger partial charge on any atom is -0.387 e. The Bertz CT molecular complexity index is 1210. The number of aliphatic hydroxyl groups is 2. The van der Waals surface area contributed by atoms with E-state index in [0.717, 1.165) is 10.9 Å². The van der Waals surface area contributed by atoms with Gasteiger partial charge in [0.2, 0.25) is 5.95 Å². The third kappa shape index (κ3) is 5.85. The number of nitrogens with one attached hydrogen (secondary N) is 1. The van der Waals surface area contributed by atoms with Crippen molar-refractivity contribution in [3.8, 4) is 0 Å². The molecule has 0 radical (unpaired) electrons. The van der Waals surface area contributed by atoms with Crippen LogP contribution in [0.4, 0.5) is 5.95 Å². The van der Waals surface area contributed by atoms with Crippen LogP contribution in [0.5, 0.6) is 0 Å². The molecule has 3 rings (SSSR count). The third-order valence-electron chi connectivity index (χ3n) is 3.88. The van der Waals surface area contributed by atoms with E-state index in [2.05, 4.69) is 35.4 Å². The zero-order chi connectivity index (χ0) is 24.1. The van der Waals surface area contributed by atoms with Gasteiger partial charge in [-0.3, -0.25) is 14.3 Å². The van der Waals surface area contributed by atoms with Crippen LogP contribution in [0.25, 0.3) is 11.2 Å². The van der Waals surface area contributed by atoms with Crippen LogP contribution in [-0.2, 0) is 38.8 Å². The predicted octanol–water partition coefficient (Wildman–Crippen LogP) is -2.22. The van der Waals surface area contributed by atoms with Crippen molar-refractivity contribution in [2.45, 2.75) is 24.5 Å². The first-order valence-electron chi connectivity index (χ1n) is 8.11. The lowest BCUT2D eigenvalue weighted by atomic mass is 10.1. The van der Waals surface area contributed by atoms with E-state index in [9.17, 15) is 33.9 Å². The van der Waals surface area contributed by atoms with Gasteiger partial charge < -0.3 is 44.8 Å². The predicted molar refractivity (Wildman–Crippen MR) is 105 cm³/mol. The van der Waals surface area contributed by atoms with Gasteiger partial charge in [0, 0.05) is 0 Å². The number of fused-ring (bicyclic) bond motifs is 1. The second-order valence-electron chi connectivity index (χ2n) is 6.21. The number of imidazole rings is 1. The Hall–Kier alpha value is -1.14. The highest BCUT2D eigenvalue weighted by molar-refractivity contribution is 8.08. The number of aliphatic hydroxyl groups excluding tert-OH is 2. The highest BCUT2D eigenvalue weighted by Crippen LogP contribution is 2.66. The fourth-order valence-corrected chi connectivity index (χ4v) is 6.67. The number of nitrogens with zero attached hydrogens (tertiary/aromatic N) is 3. The van der Waals surface area contributed by atoms with Crippen molar-refractivity contribution < 1.29 is 56.8 Å². The number of nitrogens with two attached hydrogens (primary N) is 1. The van der Waals surface area contributed by atoms with E-state index >= 15 is 0 Å². The number of aromatic nitrogens is 4. The maximum absolute atomic E-state index is 11.9. The van der Waals surface area contributed by atoms with Gasteiger partial charge in [0.15, 0.2) is 17.4 Å². The number of nitrogen functional groups attached to an aromatic ring is 1. The normalized spacial score (nSPS) is 27.9. The van der Waals surface area contributed by atoms with Gasteiger partial charge in [0.1, 0.15) is 18.3 Å². The summed E-state index contributed by atoms with van der Waals surface area (Å²) in [4.78, 5) is 58.0. The molecule has 1 fully saturated rings. The van der Waals surface area contributed by atoms with Crippen LogP contribution in [-0.4, -0.2) is 74.2 Å². The van der Waals surface area contributed by atoms with Gasteiger partial charge in [-0.2, -0.15) is 9.29 Å². The Morgan fingerprint density at radius 3 is 2.50 bits per heavy atom. The van der Waals surface area contributed by atoms with E-state index in [-0.39, 0.29) is 17.1 Å². The van der Waals surface area contributed by atoms with Crippen LogP contribution in [0.1, 0.15) is 6.23 Å². The number of phosphoric acid groups is 2.